The number of hydrogen-bond acceptors (Lipinski definition) is 3. The Labute approximate surface area is 127 Å². The highest BCUT2D eigenvalue weighted by Gasteiger charge is 2.30. The molecule has 2 rings (SSSR count). The summed E-state index contributed by atoms with van der Waals surface area (Å²) in [6.07, 6.45) is 0.402. The highest BCUT2D eigenvalue weighted by atomic mass is 16.5. The summed E-state index contributed by atoms with van der Waals surface area (Å²) in [5.41, 5.74) is 0.955. The van der Waals surface area contributed by atoms with Crippen LogP contribution in [0.5, 0.6) is 5.75 Å². The first-order valence-corrected chi connectivity index (χ1v) is 7.67. The summed E-state index contributed by atoms with van der Waals surface area (Å²) in [5.74, 6) is 1.49. The first-order chi connectivity index (χ1) is 10.0. The van der Waals surface area contributed by atoms with E-state index in [9.17, 15) is 4.79 Å². The molecule has 0 aliphatic carbocycles. The predicted molar refractivity (Wildman–Crippen MR) is 84.5 cm³/mol. The van der Waals surface area contributed by atoms with Crippen LogP contribution in [-0.4, -0.2) is 43.1 Å². The minimum atomic E-state index is 0.180. The van der Waals surface area contributed by atoms with Crippen LogP contribution >= 0.6 is 0 Å². The molecule has 1 heterocycles. The standard InChI is InChI=1S/C17H26N2O2/c1-12(2)15-11-19(13(3)10-18-15)17(20)9-14-7-5-6-8-16(14)21-4/h5-8,12-13,15,18H,9-11H2,1-4H3. The molecule has 1 amide bonds. The smallest absolute Gasteiger partial charge is 0.227 e. The van der Waals surface area contributed by atoms with Crippen LogP contribution in [0.2, 0.25) is 0 Å². The first kappa shape index (κ1) is 15.8. The van der Waals surface area contributed by atoms with Crippen molar-refractivity contribution < 1.29 is 9.53 Å². The van der Waals surface area contributed by atoms with Crippen LogP contribution in [0.3, 0.4) is 0 Å². The molecule has 0 saturated carbocycles. The fraction of sp³-hybridized carbons (Fsp3) is 0.588. The number of amides is 1. The molecule has 1 aromatic rings. The largest absolute Gasteiger partial charge is 0.496 e. The number of hydrogen-bond donors (Lipinski definition) is 1. The molecule has 1 saturated heterocycles. The van der Waals surface area contributed by atoms with Crippen LogP contribution in [0.1, 0.15) is 26.3 Å². The number of piperazine rings is 1. The van der Waals surface area contributed by atoms with E-state index in [-0.39, 0.29) is 11.9 Å². The molecule has 116 valence electrons. The summed E-state index contributed by atoms with van der Waals surface area (Å²) in [6, 6.07) is 8.35. The summed E-state index contributed by atoms with van der Waals surface area (Å²) < 4.78 is 5.34. The van der Waals surface area contributed by atoms with Gasteiger partial charge in [-0.2, -0.15) is 0 Å². The van der Waals surface area contributed by atoms with Crippen molar-refractivity contribution in [3.63, 3.8) is 0 Å². The summed E-state index contributed by atoms with van der Waals surface area (Å²) in [6.45, 7) is 8.13. The van der Waals surface area contributed by atoms with Crippen molar-refractivity contribution in [3.05, 3.63) is 29.8 Å². The third-order valence-electron chi connectivity index (χ3n) is 4.26. The Hall–Kier alpha value is -1.55. The van der Waals surface area contributed by atoms with Gasteiger partial charge in [0.1, 0.15) is 5.75 Å². The lowest BCUT2D eigenvalue weighted by molar-refractivity contribution is -0.134. The van der Waals surface area contributed by atoms with E-state index in [0.717, 1.165) is 24.4 Å². The number of carbonyl (C=O) groups excluding carboxylic acids is 1. The van der Waals surface area contributed by atoms with Crippen molar-refractivity contribution in [3.8, 4) is 5.75 Å². The van der Waals surface area contributed by atoms with Gasteiger partial charge in [-0.15, -0.1) is 0 Å². The maximum atomic E-state index is 12.7. The van der Waals surface area contributed by atoms with Gasteiger partial charge < -0.3 is 15.0 Å². The van der Waals surface area contributed by atoms with E-state index in [1.807, 2.05) is 29.2 Å². The van der Waals surface area contributed by atoms with E-state index in [2.05, 4.69) is 26.1 Å². The van der Waals surface area contributed by atoms with Crippen LogP contribution in [0.15, 0.2) is 24.3 Å². The topological polar surface area (TPSA) is 41.6 Å². The average molecular weight is 290 g/mol. The number of ether oxygens (including phenoxy) is 1. The van der Waals surface area contributed by atoms with E-state index >= 15 is 0 Å². The molecular formula is C17H26N2O2. The number of nitrogens with one attached hydrogen (secondary N) is 1. The third kappa shape index (κ3) is 3.76. The molecule has 1 aromatic carbocycles. The lowest BCUT2D eigenvalue weighted by atomic mass is 9.99. The minimum absolute atomic E-state index is 0.180. The molecule has 0 bridgehead atoms. The second-order valence-electron chi connectivity index (χ2n) is 6.14. The zero-order valence-corrected chi connectivity index (χ0v) is 13.4. The maximum absolute atomic E-state index is 12.7. The lowest BCUT2D eigenvalue weighted by Gasteiger charge is -2.40. The normalized spacial score (nSPS) is 22.4. The molecule has 0 radical (unpaired) electrons. The second kappa shape index (κ2) is 6.94. The molecule has 2 unspecified atom stereocenters. The zero-order chi connectivity index (χ0) is 15.4. The van der Waals surface area contributed by atoms with Crippen LogP contribution in [0, 0.1) is 5.92 Å². The zero-order valence-electron chi connectivity index (χ0n) is 13.4. The number of rotatable bonds is 4. The van der Waals surface area contributed by atoms with Crippen LogP contribution in [0.25, 0.3) is 0 Å². The maximum Gasteiger partial charge on any atom is 0.227 e. The molecule has 21 heavy (non-hydrogen) atoms. The molecule has 1 N–H and O–H groups in total. The Morgan fingerprint density at radius 1 is 1.43 bits per heavy atom. The summed E-state index contributed by atoms with van der Waals surface area (Å²) in [7, 11) is 1.64. The minimum Gasteiger partial charge on any atom is -0.496 e. The van der Waals surface area contributed by atoms with Crippen molar-refractivity contribution >= 4 is 5.91 Å². The highest BCUT2D eigenvalue weighted by molar-refractivity contribution is 5.80. The lowest BCUT2D eigenvalue weighted by Crippen LogP contribution is -2.59. The van der Waals surface area contributed by atoms with Gasteiger partial charge in [-0.05, 0) is 18.9 Å². The number of benzene rings is 1. The van der Waals surface area contributed by atoms with Crippen molar-refractivity contribution in [2.75, 3.05) is 20.2 Å². The number of carbonyl (C=O) groups is 1. The Kier molecular flexibility index (Phi) is 5.23. The van der Waals surface area contributed by atoms with Crippen molar-refractivity contribution in [1.29, 1.82) is 0 Å². The van der Waals surface area contributed by atoms with Gasteiger partial charge in [0.25, 0.3) is 0 Å². The average Bonchev–Trinajstić information content (AvgIpc) is 2.47. The van der Waals surface area contributed by atoms with Crippen molar-refractivity contribution in [1.82, 2.24) is 10.2 Å². The molecule has 1 aliphatic heterocycles. The quantitative estimate of drug-likeness (QED) is 0.923. The fourth-order valence-electron chi connectivity index (χ4n) is 2.80. The van der Waals surface area contributed by atoms with Crippen molar-refractivity contribution in [2.24, 2.45) is 5.92 Å². The fourth-order valence-corrected chi connectivity index (χ4v) is 2.80. The van der Waals surface area contributed by atoms with Gasteiger partial charge >= 0.3 is 0 Å². The number of nitrogens with zero attached hydrogens (tertiary/aromatic N) is 1. The van der Waals surface area contributed by atoms with Crippen LogP contribution in [-0.2, 0) is 11.2 Å². The van der Waals surface area contributed by atoms with Crippen molar-refractivity contribution in [2.45, 2.75) is 39.3 Å². The van der Waals surface area contributed by atoms with Gasteiger partial charge in [-0.25, -0.2) is 0 Å². The molecule has 1 fully saturated rings. The highest BCUT2D eigenvalue weighted by Crippen LogP contribution is 2.20. The molecule has 0 aromatic heterocycles. The molecule has 0 spiro atoms. The number of para-hydroxylation sites is 1. The first-order valence-electron chi connectivity index (χ1n) is 7.67. The van der Waals surface area contributed by atoms with Gasteiger partial charge in [-0.1, -0.05) is 32.0 Å². The van der Waals surface area contributed by atoms with Gasteiger partial charge in [0.2, 0.25) is 5.91 Å². The van der Waals surface area contributed by atoms with E-state index in [1.165, 1.54) is 0 Å². The van der Waals surface area contributed by atoms with E-state index in [1.54, 1.807) is 7.11 Å². The Bertz CT molecular complexity index is 487. The van der Waals surface area contributed by atoms with Gasteiger partial charge in [0, 0.05) is 30.7 Å². The van der Waals surface area contributed by atoms with E-state index < -0.39 is 0 Å². The summed E-state index contributed by atoms with van der Waals surface area (Å²) >= 11 is 0. The monoisotopic (exact) mass is 290 g/mol. The molecule has 4 heteroatoms. The molecule has 1 aliphatic rings. The summed E-state index contributed by atoms with van der Waals surface area (Å²) in [4.78, 5) is 14.7. The van der Waals surface area contributed by atoms with E-state index in [0.29, 0.717) is 18.4 Å². The Morgan fingerprint density at radius 3 is 2.81 bits per heavy atom. The second-order valence-corrected chi connectivity index (χ2v) is 6.14. The number of methoxy groups -OCH3 is 1. The van der Waals surface area contributed by atoms with Gasteiger partial charge in [0.15, 0.2) is 0 Å². The Morgan fingerprint density at radius 2 is 2.14 bits per heavy atom. The summed E-state index contributed by atoms with van der Waals surface area (Å²) in [5, 5.41) is 3.52. The van der Waals surface area contributed by atoms with Gasteiger partial charge in [0.05, 0.1) is 13.5 Å². The molecule has 2 atom stereocenters. The molecular weight excluding hydrogens is 264 g/mol. The SMILES string of the molecule is COc1ccccc1CC(=O)N1CC(C(C)C)NCC1C. The third-order valence-corrected chi connectivity index (χ3v) is 4.26. The van der Waals surface area contributed by atoms with Crippen LogP contribution < -0.4 is 10.1 Å². The van der Waals surface area contributed by atoms with Crippen LogP contribution in [0.4, 0.5) is 0 Å². The predicted octanol–water partition coefficient (Wildman–Crippen LogP) is 2.08. The van der Waals surface area contributed by atoms with E-state index in [4.69, 9.17) is 4.74 Å². The van der Waals surface area contributed by atoms with Gasteiger partial charge in [-0.3, -0.25) is 4.79 Å². The Balaban J connectivity index is 2.07. The molecule has 4 nitrogen and oxygen atoms in total.